The van der Waals surface area contributed by atoms with Crippen LogP contribution in [0.15, 0.2) is 54.6 Å². The van der Waals surface area contributed by atoms with Crippen molar-refractivity contribution in [2.45, 2.75) is 43.2 Å². The van der Waals surface area contributed by atoms with Crippen molar-refractivity contribution in [3.63, 3.8) is 0 Å². The number of benzene rings is 2. The van der Waals surface area contributed by atoms with E-state index in [2.05, 4.69) is 0 Å². The van der Waals surface area contributed by atoms with E-state index in [1.54, 1.807) is 29.5 Å². The van der Waals surface area contributed by atoms with Crippen LogP contribution < -0.4 is 0 Å². The number of hydrogen-bond acceptors (Lipinski definition) is 7. The minimum atomic E-state index is -3.83. The lowest BCUT2D eigenvalue weighted by Crippen LogP contribution is -2.56. The largest absolute Gasteiger partial charge is 0.387 e. The minimum absolute atomic E-state index is 0.286. The van der Waals surface area contributed by atoms with Crippen molar-refractivity contribution in [1.29, 1.82) is 0 Å². The Morgan fingerprint density at radius 2 is 1.67 bits per heavy atom. The van der Waals surface area contributed by atoms with Gasteiger partial charge in [0.2, 0.25) is 0 Å². The Morgan fingerprint density at radius 1 is 0.970 bits per heavy atom. The molecule has 2 aromatic carbocycles. The third-order valence-corrected chi connectivity index (χ3v) is 8.22. The number of thiophene rings is 1. The number of ether oxygens (including phenoxy) is 1. The maximum Gasteiger partial charge on any atom is 0.187 e. The molecule has 1 aliphatic rings. The molecule has 0 radical (unpaired) electrons. The third-order valence-electron chi connectivity index (χ3n) is 5.85. The molecule has 3 N–H and O–H groups in total. The fraction of sp³-hybridized carbons (Fsp3) is 0.333. The fourth-order valence-electron chi connectivity index (χ4n) is 3.97. The Morgan fingerprint density at radius 3 is 2.33 bits per heavy atom. The molecule has 2 heterocycles. The van der Waals surface area contributed by atoms with Crippen LogP contribution in [0.3, 0.4) is 0 Å². The molecule has 0 amide bonds. The maximum absolute atomic E-state index is 13.2. The molecule has 5 atom stereocenters. The van der Waals surface area contributed by atoms with Crippen LogP contribution in [0.1, 0.15) is 27.7 Å². The van der Waals surface area contributed by atoms with Crippen molar-refractivity contribution in [3.8, 4) is 10.4 Å². The molecule has 0 bridgehead atoms. The number of aliphatic hydroxyl groups excluding tert-OH is 3. The first kappa shape index (κ1) is 24.0. The Balaban J connectivity index is 1.60. The summed E-state index contributed by atoms with van der Waals surface area (Å²) in [6.07, 6.45) is -4.50. The number of aryl methyl sites for hydroxylation is 1. The average Bonchev–Trinajstić information content (AvgIpc) is 3.22. The van der Waals surface area contributed by atoms with E-state index in [0.717, 1.165) is 32.7 Å². The number of rotatable bonds is 5. The first-order valence-corrected chi connectivity index (χ1v) is 13.1. The van der Waals surface area contributed by atoms with Crippen molar-refractivity contribution < 1.29 is 32.9 Å². The lowest BCUT2D eigenvalue weighted by atomic mass is 9.92. The third kappa shape index (κ3) is 5.03. The van der Waals surface area contributed by atoms with Crippen LogP contribution >= 0.6 is 11.3 Å². The molecule has 33 heavy (non-hydrogen) atoms. The van der Waals surface area contributed by atoms with Gasteiger partial charge in [0, 0.05) is 22.4 Å². The molecule has 176 valence electrons. The lowest BCUT2D eigenvalue weighted by Gasteiger charge is -2.40. The average molecular weight is 493 g/mol. The zero-order valence-electron chi connectivity index (χ0n) is 18.1. The second kappa shape index (κ2) is 9.25. The first-order chi connectivity index (χ1) is 15.5. The summed E-state index contributed by atoms with van der Waals surface area (Å²) in [4.78, 5) is 2.09. The highest BCUT2D eigenvalue weighted by Crippen LogP contribution is 2.36. The predicted molar refractivity (Wildman–Crippen MR) is 124 cm³/mol. The van der Waals surface area contributed by atoms with Gasteiger partial charge in [-0.3, -0.25) is 0 Å². The molecule has 0 aliphatic carbocycles. The van der Waals surface area contributed by atoms with E-state index in [4.69, 9.17) is 4.74 Å². The van der Waals surface area contributed by atoms with Crippen LogP contribution in [-0.2, 0) is 21.0 Å². The fourth-order valence-corrected chi connectivity index (χ4v) is 5.99. The van der Waals surface area contributed by atoms with Crippen LogP contribution in [0.5, 0.6) is 0 Å². The molecule has 4 rings (SSSR count). The summed E-state index contributed by atoms with van der Waals surface area (Å²) in [5.41, 5.74) is 1.75. The van der Waals surface area contributed by atoms with E-state index in [9.17, 15) is 28.1 Å². The molecular formula is C24H25FO6S2. The van der Waals surface area contributed by atoms with E-state index >= 15 is 0 Å². The van der Waals surface area contributed by atoms with E-state index in [0.29, 0.717) is 12.0 Å². The molecule has 1 saturated heterocycles. The molecular weight excluding hydrogens is 467 g/mol. The normalized spacial score (nSPS) is 25.8. The number of sulfone groups is 1. The summed E-state index contributed by atoms with van der Waals surface area (Å²) in [5, 5.41) is 30.8. The van der Waals surface area contributed by atoms with Gasteiger partial charge in [-0.05, 0) is 53.4 Å². The predicted octanol–water partition coefficient (Wildman–Crippen LogP) is 2.98. The number of aliphatic hydroxyl groups is 3. The molecule has 3 aromatic rings. The second-order valence-corrected chi connectivity index (χ2v) is 11.7. The Labute approximate surface area is 195 Å². The highest BCUT2D eigenvalue weighted by Gasteiger charge is 2.48. The molecule has 1 aromatic heterocycles. The van der Waals surface area contributed by atoms with Gasteiger partial charge in [-0.2, -0.15) is 0 Å². The summed E-state index contributed by atoms with van der Waals surface area (Å²) < 4.78 is 42.8. The van der Waals surface area contributed by atoms with Gasteiger partial charge >= 0.3 is 0 Å². The van der Waals surface area contributed by atoms with Crippen LogP contribution in [-0.4, -0.2) is 53.7 Å². The maximum atomic E-state index is 13.2. The standard InChI is InChI=1S/C24H25FO6S2/c1-13-3-4-15(23-21(27)20(26)22(28)24(31-23)33(2,29)30)11-16(13)12-18-9-10-19(32-18)14-5-7-17(25)8-6-14/h3-11,20-24,26-28H,12H2,1-2H3/t20-,21-,22+,23+,24-/m1/s1. The van der Waals surface area contributed by atoms with Crippen molar-refractivity contribution in [3.05, 3.63) is 82.0 Å². The zero-order chi connectivity index (χ0) is 23.9. The highest BCUT2D eigenvalue weighted by atomic mass is 32.2. The van der Waals surface area contributed by atoms with Gasteiger partial charge in [0.1, 0.15) is 30.2 Å². The van der Waals surface area contributed by atoms with Gasteiger partial charge < -0.3 is 20.1 Å². The van der Waals surface area contributed by atoms with Crippen molar-refractivity contribution in [1.82, 2.24) is 0 Å². The highest BCUT2D eigenvalue weighted by molar-refractivity contribution is 7.91. The minimum Gasteiger partial charge on any atom is -0.387 e. The van der Waals surface area contributed by atoms with Crippen molar-refractivity contribution >= 4 is 21.2 Å². The topological polar surface area (TPSA) is 104 Å². The molecule has 0 spiro atoms. The first-order valence-electron chi connectivity index (χ1n) is 10.4. The molecule has 9 heteroatoms. The SMILES string of the molecule is Cc1ccc([C@@H]2O[C@H](S(C)(=O)=O)[C@@H](O)[C@H](O)[C@H]2O)cc1Cc1ccc(-c2ccc(F)cc2)s1. The quantitative estimate of drug-likeness (QED) is 0.506. The van der Waals surface area contributed by atoms with Gasteiger partial charge in [0.05, 0.1) is 0 Å². The zero-order valence-corrected chi connectivity index (χ0v) is 19.7. The van der Waals surface area contributed by atoms with Crippen LogP contribution in [0.2, 0.25) is 0 Å². The van der Waals surface area contributed by atoms with E-state index in [1.165, 1.54) is 12.1 Å². The molecule has 6 nitrogen and oxygen atoms in total. The molecule has 0 saturated carbocycles. The van der Waals surface area contributed by atoms with Gasteiger partial charge in [0.15, 0.2) is 15.3 Å². The molecule has 1 fully saturated rings. The summed E-state index contributed by atoms with van der Waals surface area (Å²) in [5.74, 6) is -0.286. The van der Waals surface area contributed by atoms with E-state index in [1.807, 2.05) is 31.2 Å². The van der Waals surface area contributed by atoms with Gasteiger partial charge in [0.25, 0.3) is 0 Å². The Bertz CT molecular complexity index is 1240. The van der Waals surface area contributed by atoms with E-state index in [-0.39, 0.29) is 5.82 Å². The van der Waals surface area contributed by atoms with Gasteiger partial charge in [-0.15, -0.1) is 11.3 Å². The van der Waals surface area contributed by atoms with Crippen molar-refractivity contribution in [2.24, 2.45) is 0 Å². The second-order valence-electron chi connectivity index (χ2n) is 8.36. The van der Waals surface area contributed by atoms with Crippen LogP contribution in [0.25, 0.3) is 10.4 Å². The summed E-state index contributed by atoms with van der Waals surface area (Å²) in [6.45, 7) is 1.95. The van der Waals surface area contributed by atoms with Gasteiger partial charge in [-0.1, -0.05) is 30.3 Å². The summed E-state index contributed by atoms with van der Waals surface area (Å²) >= 11 is 1.59. The van der Waals surface area contributed by atoms with Crippen LogP contribution in [0.4, 0.5) is 4.39 Å². The Hall–Kier alpha value is -2.14. The van der Waals surface area contributed by atoms with Gasteiger partial charge in [-0.25, -0.2) is 12.8 Å². The smallest absolute Gasteiger partial charge is 0.187 e. The Kier molecular flexibility index (Phi) is 6.73. The van der Waals surface area contributed by atoms with Crippen LogP contribution in [0, 0.1) is 12.7 Å². The number of halogens is 1. The molecule has 1 aliphatic heterocycles. The molecule has 0 unspecified atom stereocenters. The monoisotopic (exact) mass is 492 g/mol. The van der Waals surface area contributed by atoms with Crippen molar-refractivity contribution in [2.75, 3.05) is 6.26 Å². The van der Waals surface area contributed by atoms with E-state index < -0.39 is 39.7 Å². The number of hydrogen-bond donors (Lipinski definition) is 3. The summed E-state index contributed by atoms with van der Waals surface area (Å²) in [7, 11) is -3.83. The lowest BCUT2D eigenvalue weighted by molar-refractivity contribution is -0.202. The summed E-state index contributed by atoms with van der Waals surface area (Å²) in [6, 6.07) is 15.7.